The van der Waals surface area contributed by atoms with Crippen LogP contribution in [0, 0.1) is 0 Å². The molecule has 0 aliphatic carbocycles. The second kappa shape index (κ2) is 5.70. The Morgan fingerprint density at radius 2 is 2.00 bits per heavy atom. The number of nitrogens with one attached hydrogen (secondary N) is 2. The predicted octanol–water partition coefficient (Wildman–Crippen LogP) is 0.834. The highest BCUT2D eigenvalue weighted by molar-refractivity contribution is 5.17. The standard InChI is InChI=1S/C10H16N2O/c1-9(12-11-7-8-13)10-5-3-2-4-6-10/h2-6,9,11-13H,7-8H2,1H3. The molecule has 0 heterocycles. The van der Waals surface area contributed by atoms with Crippen LogP contribution in [0.25, 0.3) is 0 Å². The lowest BCUT2D eigenvalue weighted by molar-refractivity contribution is 0.278. The molecule has 3 heteroatoms. The van der Waals surface area contributed by atoms with Gasteiger partial charge in [0.15, 0.2) is 0 Å². The van der Waals surface area contributed by atoms with Crippen molar-refractivity contribution in [2.75, 3.05) is 13.2 Å². The number of benzene rings is 1. The Kier molecular flexibility index (Phi) is 4.46. The van der Waals surface area contributed by atoms with E-state index in [0.29, 0.717) is 6.54 Å². The molecule has 0 aromatic heterocycles. The van der Waals surface area contributed by atoms with E-state index in [1.54, 1.807) is 0 Å². The van der Waals surface area contributed by atoms with Gasteiger partial charge in [0.2, 0.25) is 0 Å². The lowest BCUT2D eigenvalue weighted by atomic mass is 10.1. The number of hydrogen-bond donors (Lipinski definition) is 3. The lowest BCUT2D eigenvalue weighted by Crippen LogP contribution is -2.35. The topological polar surface area (TPSA) is 44.3 Å². The third-order valence-corrected chi connectivity index (χ3v) is 1.85. The molecule has 1 atom stereocenters. The average Bonchev–Trinajstić information content (AvgIpc) is 2.19. The summed E-state index contributed by atoms with van der Waals surface area (Å²) in [6, 6.07) is 10.4. The molecule has 1 rings (SSSR count). The van der Waals surface area contributed by atoms with E-state index < -0.39 is 0 Å². The van der Waals surface area contributed by atoms with Gasteiger partial charge in [-0.1, -0.05) is 30.3 Å². The third kappa shape index (κ3) is 3.55. The molecule has 13 heavy (non-hydrogen) atoms. The highest BCUT2D eigenvalue weighted by atomic mass is 16.3. The van der Waals surface area contributed by atoms with Crippen molar-refractivity contribution in [3.8, 4) is 0 Å². The SMILES string of the molecule is CC(NNCCO)c1ccccc1. The molecule has 1 aromatic rings. The Labute approximate surface area is 78.8 Å². The van der Waals surface area contributed by atoms with Crippen molar-refractivity contribution in [1.29, 1.82) is 0 Å². The van der Waals surface area contributed by atoms with E-state index >= 15 is 0 Å². The van der Waals surface area contributed by atoms with Crippen LogP contribution in [-0.4, -0.2) is 18.3 Å². The van der Waals surface area contributed by atoms with Gasteiger partial charge in [-0.2, -0.15) is 0 Å². The highest BCUT2D eigenvalue weighted by Gasteiger charge is 2.01. The number of aliphatic hydroxyl groups excluding tert-OH is 1. The number of hydrazine groups is 1. The van der Waals surface area contributed by atoms with Gasteiger partial charge in [0.25, 0.3) is 0 Å². The third-order valence-electron chi connectivity index (χ3n) is 1.85. The molecule has 72 valence electrons. The Morgan fingerprint density at radius 1 is 1.31 bits per heavy atom. The van der Waals surface area contributed by atoms with Gasteiger partial charge < -0.3 is 5.11 Å². The van der Waals surface area contributed by atoms with Gasteiger partial charge in [-0.05, 0) is 12.5 Å². The summed E-state index contributed by atoms with van der Waals surface area (Å²) in [4.78, 5) is 0. The molecule has 1 unspecified atom stereocenters. The second-order valence-electron chi connectivity index (χ2n) is 2.93. The summed E-state index contributed by atoms with van der Waals surface area (Å²) < 4.78 is 0. The van der Waals surface area contributed by atoms with E-state index in [1.807, 2.05) is 18.2 Å². The van der Waals surface area contributed by atoms with E-state index in [-0.39, 0.29) is 12.6 Å². The van der Waals surface area contributed by atoms with Crippen molar-refractivity contribution in [2.45, 2.75) is 13.0 Å². The number of hydrogen-bond acceptors (Lipinski definition) is 3. The molecule has 0 fully saturated rings. The highest BCUT2D eigenvalue weighted by Crippen LogP contribution is 2.09. The average molecular weight is 180 g/mol. The van der Waals surface area contributed by atoms with Crippen molar-refractivity contribution >= 4 is 0 Å². The van der Waals surface area contributed by atoms with E-state index in [4.69, 9.17) is 5.11 Å². The number of rotatable bonds is 5. The molecule has 0 amide bonds. The van der Waals surface area contributed by atoms with Crippen molar-refractivity contribution < 1.29 is 5.11 Å². The van der Waals surface area contributed by atoms with E-state index in [0.717, 1.165) is 0 Å². The number of aliphatic hydroxyl groups is 1. The van der Waals surface area contributed by atoms with Crippen LogP contribution >= 0.6 is 0 Å². The van der Waals surface area contributed by atoms with Crippen molar-refractivity contribution in [2.24, 2.45) is 0 Å². The Morgan fingerprint density at radius 3 is 2.62 bits per heavy atom. The Bertz CT molecular complexity index is 226. The zero-order chi connectivity index (χ0) is 9.52. The van der Waals surface area contributed by atoms with Crippen LogP contribution in [0.15, 0.2) is 30.3 Å². The van der Waals surface area contributed by atoms with Crippen LogP contribution in [0.2, 0.25) is 0 Å². The quantitative estimate of drug-likeness (QED) is 0.464. The van der Waals surface area contributed by atoms with Crippen molar-refractivity contribution in [3.05, 3.63) is 35.9 Å². The van der Waals surface area contributed by atoms with Crippen molar-refractivity contribution in [3.63, 3.8) is 0 Å². The Hall–Kier alpha value is -0.900. The minimum absolute atomic E-state index is 0.147. The molecule has 0 saturated carbocycles. The predicted molar refractivity (Wildman–Crippen MR) is 53.1 cm³/mol. The van der Waals surface area contributed by atoms with Crippen LogP contribution < -0.4 is 10.9 Å². The second-order valence-corrected chi connectivity index (χ2v) is 2.93. The van der Waals surface area contributed by atoms with Crippen LogP contribution in [0.3, 0.4) is 0 Å². The van der Waals surface area contributed by atoms with Gasteiger partial charge in [0, 0.05) is 12.6 Å². The van der Waals surface area contributed by atoms with Gasteiger partial charge >= 0.3 is 0 Å². The monoisotopic (exact) mass is 180 g/mol. The van der Waals surface area contributed by atoms with Gasteiger partial charge in [0.1, 0.15) is 0 Å². The summed E-state index contributed by atoms with van der Waals surface area (Å²) in [5.41, 5.74) is 7.25. The van der Waals surface area contributed by atoms with Crippen LogP contribution in [-0.2, 0) is 0 Å². The summed E-state index contributed by atoms with van der Waals surface area (Å²) in [7, 11) is 0. The van der Waals surface area contributed by atoms with E-state index in [2.05, 4.69) is 29.9 Å². The summed E-state index contributed by atoms with van der Waals surface area (Å²) in [5.74, 6) is 0. The maximum Gasteiger partial charge on any atom is 0.0569 e. The summed E-state index contributed by atoms with van der Waals surface area (Å²) in [5, 5.41) is 8.55. The fourth-order valence-electron chi connectivity index (χ4n) is 1.11. The van der Waals surface area contributed by atoms with Gasteiger partial charge in [-0.3, -0.25) is 10.9 Å². The summed E-state index contributed by atoms with van der Waals surface area (Å²) in [6.07, 6.45) is 0. The minimum atomic E-state index is 0.147. The van der Waals surface area contributed by atoms with Crippen molar-refractivity contribution in [1.82, 2.24) is 10.9 Å². The zero-order valence-electron chi connectivity index (χ0n) is 7.83. The molecule has 0 saturated heterocycles. The Balaban J connectivity index is 2.35. The van der Waals surface area contributed by atoms with E-state index in [1.165, 1.54) is 5.56 Å². The first-order valence-electron chi connectivity index (χ1n) is 4.49. The fraction of sp³-hybridized carbons (Fsp3) is 0.400. The summed E-state index contributed by atoms with van der Waals surface area (Å²) >= 11 is 0. The molecule has 3 nitrogen and oxygen atoms in total. The first-order valence-corrected chi connectivity index (χ1v) is 4.49. The molecular formula is C10H16N2O. The maximum absolute atomic E-state index is 8.55. The molecule has 0 spiro atoms. The smallest absolute Gasteiger partial charge is 0.0569 e. The molecule has 3 N–H and O–H groups in total. The van der Waals surface area contributed by atoms with E-state index in [9.17, 15) is 0 Å². The van der Waals surface area contributed by atoms with Crippen LogP contribution in [0.4, 0.5) is 0 Å². The molecule has 0 bridgehead atoms. The lowest BCUT2D eigenvalue weighted by Gasteiger charge is -2.14. The first kappa shape index (κ1) is 10.2. The van der Waals surface area contributed by atoms with Gasteiger partial charge in [0.05, 0.1) is 6.61 Å². The normalized spacial score (nSPS) is 12.8. The largest absolute Gasteiger partial charge is 0.395 e. The van der Waals surface area contributed by atoms with Crippen LogP contribution in [0.1, 0.15) is 18.5 Å². The molecule has 0 radical (unpaired) electrons. The minimum Gasteiger partial charge on any atom is -0.395 e. The molecule has 1 aromatic carbocycles. The van der Waals surface area contributed by atoms with Gasteiger partial charge in [-0.15, -0.1) is 0 Å². The first-order chi connectivity index (χ1) is 6.34. The van der Waals surface area contributed by atoms with Gasteiger partial charge in [-0.25, -0.2) is 0 Å². The van der Waals surface area contributed by atoms with Crippen LogP contribution in [0.5, 0.6) is 0 Å². The zero-order valence-corrected chi connectivity index (χ0v) is 7.83. The maximum atomic E-state index is 8.55. The molecule has 0 aliphatic rings. The molecular weight excluding hydrogens is 164 g/mol. The fourth-order valence-corrected chi connectivity index (χ4v) is 1.11. The molecule has 0 aliphatic heterocycles. The summed E-state index contributed by atoms with van der Waals surface area (Å²) in [6.45, 7) is 2.78.